The van der Waals surface area contributed by atoms with Gasteiger partial charge in [-0.2, -0.15) is 5.26 Å². The molecular formula is C25H23NO3. The number of esters is 1. The first-order valence-corrected chi connectivity index (χ1v) is 9.56. The van der Waals surface area contributed by atoms with Crippen molar-refractivity contribution in [2.45, 2.75) is 25.9 Å². The fraction of sp³-hybridized carbons (Fsp3) is 0.200. The molecule has 0 aromatic heterocycles. The van der Waals surface area contributed by atoms with Gasteiger partial charge in [0.15, 0.2) is 0 Å². The fourth-order valence-corrected chi connectivity index (χ4v) is 3.18. The largest absolute Gasteiger partial charge is 0.457 e. The first-order valence-electron chi connectivity index (χ1n) is 9.56. The zero-order chi connectivity index (χ0) is 20.6. The molecule has 0 unspecified atom stereocenters. The smallest absolute Gasteiger partial charge is 0.315 e. The second-order valence-corrected chi connectivity index (χ2v) is 7.07. The van der Waals surface area contributed by atoms with Gasteiger partial charge in [0.2, 0.25) is 6.10 Å². The van der Waals surface area contributed by atoms with Crippen LogP contribution in [0.1, 0.15) is 37.0 Å². The van der Waals surface area contributed by atoms with E-state index in [4.69, 9.17) is 9.47 Å². The molecule has 3 aromatic carbocycles. The fourth-order valence-electron chi connectivity index (χ4n) is 3.18. The number of hydrogen-bond donors (Lipinski definition) is 0. The predicted molar refractivity (Wildman–Crippen MR) is 111 cm³/mol. The summed E-state index contributed by atoms with van der Waals surface area (Å²) in [5.74, 6) is 0.465. The van der Waals surface area contributed by atoms with Crippen molar-refractivity contribution in [3.05, 3.63) is 96.1 Å². The molecule has 3 rings (SSSR count). The lowest BCUT2D eigenvalue weighted by molar-refractivity contribution is -0.150. The highest BCUT2D eigenvalue weighted by Gasteiger charge is 2.28. The lowest BCUT2D eigenvalue weighted by Gasteiger charge is -2.22. The van der Waals surface area contributed by atoms with Crippen LogP contribution in [0.3, 0.4) is 0 Å². The quantitative estimate of drug-likeness (QED) is 0.466. The zero-order valence-corrected chi connectivity index (χ0v) is 16.5. The van der Waals surface area contributed by atoms with Crippen LogP contribution in [0.5, 0.6) is 11.5 Å². The van der Waals surface area contributed by atoms with E-state index in [0.717, 1.165) is 5.56 Å². The topological polar surface area (TPSA) is 59.3 Å². The van der Waals surface area contributed by atoms with Crippen molar-refractivity contribution >= 4 is 5.97 Å². The molecule has 0 saturated carbocycles. The van der Waals surface area contributed by atoms with Crippen molar-refractivity contribution in [3.63, 3.8) is 0 Å². The van der Waals surface area contributed by atoms with Gasteiger partial charge in [-0.1, -0.05) is 74.5 Å². The summed E-state index contributed by atoms with van der Waals surface area (Å²) in [5.41, 5.74) is 1.45. The third-order valence-electron chi connectivity index (χ3n) is 4.57. The van der Waals surface area contributed by atoms with Gasteiger partial charge >= 0.3 is 5.97 Å². The van der Waals surface area contributed by atoms with Crippen molar-refractivity contribution in [2.75, 3.05) is 0 Å². The molecule has 29 heavy (non-hydrogen) atoms. The molecule has 4 nitrogen and oxygen atoms in total. The molecule has 3 aromatic rings. The first-order chi connectivity index (χ1) is 14.1. The van der Waals surface area contributed by atoms with Crippen LogP contribution in [0.25, 0.3) is 0 Å². The highest BCUT2D eigenvalue weighted by atomic mass is 16.5. The van der Waals surface area contributed by atoms with E-state index >= 15 is 0 Å². The molecule has 0 heterocycles. The van der Waals surface area contributed by atoms with Crippen molar-refractivity contribution < 1.29 is 14.3 Å². The Morgan fingerprint density at radius 2 is 1.41 bits per heavy atom. The Kier molecular flexibility index (Phi) is 6.65. The minimum absolute atomic E-state index is 0.0389. The van der Waals surface area contributed by atoms with Gasteiger partial charge in [-0.3, -0.25) is 4.79 Å². The van der Waals surface area contributed by atoms with Crippen LogP contribution >= 0.6 is 0 Å². The van der Waals surface area contributed by atoms with E-state index in [0.29, 0.717) is 17.1 Å². The van der Waals surface area contributed by atoms with Gasteiger partial charge in [0.1, 0.15) is 17.6 Å². The summed E-state index contributed by atoms with van der Waals surface area (Å²) in [7, 11) is 0. The Hall–Kier alpha value is -3.58. The molecule has 0 fully saturated rings. The summed E-state index contributed by atoms with van der Waals surface area (Å²) >= 11 is 0. The number of nitriles is 1. The monoisotopic (exact) mass is 385 g/mol. The Bertz CT molecular complexity index is 978. The Morgan fingerprint density at radius 3 is 2.03 bits per heavy atom. The third-order valence-corrected chi connectivity index (χ3v) is 4.57. The highest BCUT2D eigenvalue weighted by molar-refractivity contribution is 5.79. The molecule has 0 aliphatic heterocycles. The SMILES string of the molecule is CC(C)[C@@H](C(=O)O[C@@H](C#N)c1cccc(Oc2ccccc2)c1)c1ccccc1. The summed E-state index contributed by atoms with van der Waals surface area (Å²) in [5, 5.41) is 9.63. The molecule has 2 atom stereocenters. The minimum atomic E-state index is -1.01. The van der Waals surface area contributed by atoms with Gasteiger partial charge < -0.3 is 9.47 Å². The Morgan fingerprint density at radius 1 is 0.828 bits per heavy atom. The molecule has 146 valence electrons. The molecule has 0 radical (unpaired) electrons. The van der Waals surface area contributed by atoms with E-state index in [2.05, 4.69) is 6.07 Å². The van der Waals surface area contributed by atoms with Crippen molar-refractivity contribution in [1.82, 2.24) is 0 Å². The van der Waals surface area contributed by atoms with Crippen LogP contribution in [0.2, 0.25) is 0 Å². The Labute approximate surface area is 171 Å². The summed E-state index contributed by atoms with van der Waals surface area (Å²) in [6.45, 7) is 3.93. The average Bonchev–Trinajstić information content (AvgIpc) is 2.73. The molecule has 0 saturated heterocycles. The molecule has 0 N–H and O–H groups in total. The van der Waals surface area contributed by atoms with E-state index in [1.54, 1.807) is 24.3 Å². The average molecular weight is 385 g/mol. The second-order valence-electron chi connectivity index (χ2n) is 7.07. The molecule has 4 heteroatoms. The van der Waals surface area contributed by atoms with Crippen LogP contribution in [0.15, 0.2) is 84.9 Å². The summed E-state index contributed by atoms with van der Waals surface area (Å²) in [6.07, 6.45) is -1.01. The van der Waals surface area contributed by atoms with E-state index in [1.807, 2.05) is 74.5 Å². The molecule has 0 amide bonds. The van der Waals surface area contributed by atoms with Crippen molar-refractivity contribution in [3.8, 4) is 17.6 Å². The van der Waals surface area contributed by atoms with Crippen LogP contribution in [0.4, 0.5) is 0 Å². The van der Waals surface area contributed by atoms with Crippen LogP contribution in [0, 0.1) is 17.2 Å². The summed E-state index contributed by atoms with van der Waals surface area (Å²) in [4.78, 5) is 12.9. The number of ether oxygens (including phenoxy) is 2. The zero-order valence-electron chi connectivity index (χ0n) is 16.5. The van der Waals surface area contributed by atoms with Gasteiger partial charge in [-0.05, 0) is 35.7 Å². The first kappa shape index (κ1) is 20.2. The number of carbonyl (C=O) groups is 1. The number of para-hydroxylation sites is 1. The highest BCUT2D eigenvalue weighted by Crippen LogP contribution is 2.30. The second kappa shape index (κ2) is 9.57. The predicted octanol–water partition coefficient (Wildman–Crippen LogP) is 6.03. The third kappa shape index (κ3) is 5.24. The molecular weight excluding hydrogens is 362 g/mol. The van der Waals surface area contributed by atoms with Crippen LogP contribution in [-0.4, -0.2) is 5.97 Å². The van der Waals surface area contributed by atoms with Crippen LogP contribution in [-0.2, 0) is 9.53 Å². The molecule has 0 aliphatic rings. The van der Waals surface area contributed by atoms with Crippen molar-refractivity contribution in [2.24, 2.45) is 5.92 Å². The van der Waals surface area contributed by atoms with E-state index in [1.165, 1.54) is 0 Å². The maximum absolute atomic E-state index is 12.9. The number of rotatable bonds is 7. The van der Waals surface area contributed by atoms with Gasteiger partial charge in [0.05, 0.1) is 5.92 Å². The lowest BCUT2D eigenvalue weighted by atomic mass is 9.88. The molecule has 0 bridgehead atoms. The normalized spacial score (nSPS) is 12.6. The number of benzene rings is 3. The molecule has 0 aliphatic carbocycles. The van der Waals surface area contributed by atoms with Crippen LogP contribution < -0.4 is 4.74 Å². The standard InChI is InChI=1S/C25H23NO3/c1-18(2)24(19-10-5-3-6-11-19)25(27)29-23(17-26)20-12-9-15-22(16-20)28-21-13-7-4-8-14-21/h3-16,18,23-24H,1-2H3/t23-,24+/m0/s1. The number of nitrogens with zero attached hydrogens (tertiary/aromatic N) is 1. The van der Waals surface area contributed by atoms with Gasteiger partial charge in [-0.25, -0.2) is 0 Å². The van der Waals surface area contributed by atoms with E-state index in [-0.39, 0.29) is 5.92 Å². The minimum Gasteiger partial charge on any atom is -0.457 e. The maximum Gasteiger partial charge on any atom is 0.315 e. The Balaban J connectivity index is 1.78. The van der Waals surface area contributed by atoms with Crippen molar-refractivity contribution in [1.29, 1.82) is 5.26 Å². The van der Waals surface area contributed by atoms with Gasteiger partial charge in [0, 0.05) is 5.56 Å². The number of hydrogen-bond acceptors (Lipinski definition) is 4. The maximum atomic E-state index is 12.9. The van der Waals surface area contributed by atoms with E-state index < -0.39 is 18.0 Å². The number of carbonyl (C=O) groups excluding carboxylic acids is 1. The van der Waals surface area contributed by atoms with E-state index in [9.17, 15) is 10.1 Å². The molecule has 0 spiro atoms. The summed E-state index contributed by atoms with van der Waals surface area (Å²) < 4.78 is 11.4. The van der Waals surface area contributed by atoms with Gasteiger partial charge in [-0.15, -0.1) is 0 Å². The lowest BCUT2D eigenvalue weighted by Crippen LogP contribution is -2.22. The van der Waals surface area contributed by atoms with Gasteiger partial charge in [0.25, 0.3) is 0 Å². The summed E-state index contributed by atoms with van der Waals surface area (Å²) in [6, 6.07) is 28.0.